The number of halogens is 5. The summed E-state index contributed by atoms with van der Waals surface area (Å²) in [6, 6.07) is 7.95. The summed E-state index contributed by atoms with van der Waals surface area (Å²) >= 11 is 2.85. The van der Waals surface area contributed by atoms with Crippen molar-refractivity contribution in [1.82, 2.24) is 34.1 Å². The molecule has 0 unspecified atom stereocenters. The Bertz CT molecular complexity index is 1770. The third-order valence-corrected chi connectivity index (χ3v) is 7.71. The van der Waals surface area contributed by atoms with E-state index in [1.54, 1.807) is 32.0 Å². The number of ether oxygens (including phenoxy) is 1. The van der Waals surface area contributed by atoms with Gasteiger partial charge in [-0.1, -0.05) is 15.9 Å². The van der Waals surface area contributed by atoms with Crippen LogP contribution < -0.4 is 10.3 Å². The topological polar surface area (TPSA) is 98.4 Å². The second kappa shape index (κ2) is 12.1. The first-order chi connectivity index (χ1) is 20.7. The average molecular weight is 678 g/mol. The van der Waals surface area contributed by atoms with Gasteiger partial charge in [-0.15, -0.1) is 0 Å². The Morgan fingerprint density at radius 1 is 1.16 bits per heavy atom. The molecule has 0 aliphatic carbocycles. The summed E-state index contributed by atoms with van der Waals surface area (Å²) in [5.74, 6) is -0.536. The molecule has 1 amide bonds. The zero-order valence-electron chi connectivity index (χ0n) is 24.2. The van der Waals surface area contributed by atoms with E-state index in [0.29, 0.717) is 42.2 Å². The highest BCUT2D eigenvalue weighted by Gasteiger charge is 2.37. The maximum absolute atomic E-state index is 15.6. The molecule has 4 aromatic rings. The quantitative estimate of drug-likeness (QED) is 0.208. The molecular weight excluding hydrogens is 650 g/mol. The van der Waals surface area contributed by atoms with Crippen LogP contribution in [0.1, 0.15) is 38.6 Å². The Balaban J connectivity index is 1.56. The van der Waals surface area contributed by atoms with Crippen LogP contribution in [0.5, 0.6) is 5.88 Å². The predicted octanol–water partition coefficient (Wildman–Crippen LogP) is 4.65. The van der Waals surface area contributed by atoms with Gasteiger partial charge in [0.25, 0.3) is 11.5 Å². The number of hydrogen-bond acceptors (Lipinski definition) is 7. The third kappa shape index (κ3) is 6.24. The van der Waals surface area contributed by atoms with Crippen molar-refractivity contribution in [3.63, 3.8) is 0 Å². The van der Waals surface area contributed by atoms with E-state index in [1.807, 2.05) is 19.0 Å². The molecule has 15 heteroatoms. The fourth-order valence-electron chi connectivity index (χ4n) is 4.83. The summed E-state index contributed by atoms with van der Waals surface area (Å²) in [6.07, 6.45) is -5.79. The molecule has 44 heavy (non-hydrogen) atoms. The molecule has 10 nitrogen and oxygen atoms in total. The largest absolute Gasteiger partial charge is 0.476 e. The lowest BCUT2D eigenvalue weighted by molar-refractivity contribution is -0.138. The van der Waals surface area contributed by atoms with E-state index in [0.717, 1.165) is 11.0 Å². The predicted molar refractivity (Wildman–Crippen MR) is 156 cm³/mol. The zero-order chi connectivity index (χ0) is 31.9. The Morgan fingerprint density at radius 3 is 2.52 bits per heavy atom. The molecule has 0 saturated carbocycles. The van der Waals surface area contributed by atoms with Crippen molar-refractivity contribution in [1.29, 1.82) is 0 Å². The standard InChI is InChI=1S/C29H28BrF4N7O3/c1-16-11-17(2)41(37-16)28-36-23-15-39(26(42)18-5-7-22(30)21(12-18)29(32,33)34)24(31)13-20(23)27(43)40(28)19-6-8-25(35-14-19)44-10-9-38(3)4/h5-8,11-12,14,24H,9-10,13,15H2,1-4H3/t24-/m0/s1. The number of carbonyl (C=O) groups is 1. The van der Waals surface area contributed by atoms with Crippen LogP contribution in [0.4, 0.5) is 17.6 Å². The lowest BCUT2D eigenvalue weighted by Gasteiger charge is -2.32. The highest BCUT2D eigenvalue weighted by Crippen LogP contribution is 2.36. The molecule has 0 bridgehead atoms. The Labute approximate surface area is 258 Å². The van der Waals surface area contributed by atoms with Gasteiger partial charge in [-0.2, -0.15) is 18.3 Å². The number of fused-ring (bicyclic) bond motifs is 1. The van der Waals surface area contributed by atoms with Crippen molar-refractivity contribution in [2.45, 2.75) is 39.3 Å². The van der Waals surface area contributed by atoms with E-state index in [-0.39, 0.29) is 27.2 Å². The molecule has 1 aromatic carbocycles. The average Bonchev–Trinajstić information content (AvgIpc) is 3.30. The van der Waals surface area contributed by atoms with Crippen molar-refractivity contribution in [2.75, 3.05) is 27.2 Å². The molecule has 0 radical (unpaired) electrons. The van der Waals surface area contributed by atoms with Gasteiger partial charge in [-0.3, -0.25) is 9.59 Å². The second-order valence-electron chi connectivity index (χ2n) is 10.6. The molecule has 232 valence electrons. The lowest BCUT2D eigenvalue weighted by atomic mass is 10.0. The first-order valence-electron chi connectivity index (χ1n) is 13.5. The lowest BCUT2D eigenvalue weighted by Crippen LogP contribution is -2.45. The number of rotatable bonds is 7. The summed E-state index contributed by atoms with van der Waals surface area (Å²) in [4.78, 5) is 39.0. The molecule has 4 heterocycles. The Morgan fingerprint density at radius 2 is 1.91 bits per heavy atom. The van der Waals surface area contributed by atoms with E-state index in [4.69, 9.17) is 4.74 Å². The molecule has 0 fully saturated rings. The monoisotopic (exact) mass is 677 g/mol. The molecule has 0 N–H and O–H groups in total. The van der Waals surface area contributed by atoms with Crippen molar-refractivity contribution < 1.29 is 27.1 Å². The first-order valence-corrected chi connectivity index (χ1v) is 14.3. The third-order valence-electron chi connectivity index (χ3n) is 7.02. The number of carbonyl (C=O) groups excluding carboxylic acids is 1. The number of pyridine rings is 1. The summed E-state index contributed by atoms with van der Waals surface area (Å²) in [5.41, 5.74) is -0.216. The van der Waals surface area contributed by atoms with Gasteiger partial charge < -0.3 is 14.5 Å². The number of amides is 1. The maximum atomic E-state index is 15.6. The van der Waals surface area contributed by atoms with Gasteiger partial charge in [0, 0.05) is 40.3 Å². The van der Waals surface area contributed by atoms with E-state index in [2.05, 4.69) is 31.0 Å². The normalized spacial score (nSPS) is 15.0. The van der Waals surface area contributed by atoms with Crippen LogP contribution in [0, 0.1) is 13.8 Å². The molecule has 0 saturated heterocycles. The highest BCUT2D eigenvalue weighted by molar-refractivity contribution is 9.10. The SMILES string of the molecule is Cc1cc(C)n(-c2nc3c(c(=O)n2-c2ccc(OCCN(C)C)nc2)C[C@@H](F)N(C(=O)c2ccc(Br)c(C(F)(F)F)c2)C3)n1. The van der Waals surface area contributed by atoms with Crippen LogP contribution >= 0.6 is 15.9 Å². The fraction of sp³-hybridized carbons (Fsp3) is 0.345. The molecule has 1 aliphatic rings. The second-order valence-corrected chi connectivity index (χ2v) is 11.4. The fourth-order valence-corrected chi connectivity index (χ4v) is 5.30. The Hall–Kier alpha value is -4.11. The van der Waals surface area contributed by atoms with Crippen LogP contribution in [0.15, 0.2) is 51.9 Å². The van der Waals surface area contributed by atoms with Gasteiger partial charge in [0.05, 0.1) is 35.4 Å². The number of aromatic nitrogens is 5. The minimum atomic E-state index is -4.73. The minimum Gasteiger partial charge on any atom is -0.476 e. The molecule has 3 aromatic heterocycles. The summed E-state index contributed by atoms with van der Waals surface area (Å²) in [6.45, 7) is 4.19. The zero-order valence-corrected chi connectivity index (χ0v) is 25.8. The number of aryl methyl sites for hydroxylation is 2. The van der Waals surface area contributed by atoms with E-state index in [9.17, 15) is 22.8 Å². The number of alkyl halides is 4. The van der Waals surface area contributed by atoms with Crippen molar-refractivity contribution >= 4 is 21.8 Å². The highest BCUT2D eigenvalue weighted by atomic mass is 79.9. The van der Waals surface area contributed by atoms with Crippen molar-refractivity contribution in [2.24, 2.45) is 0 Å². The number of hydrogen-bond donors (Lipinski definition) is 0. The number of likely N-dealkylation sites (N-methyl/N-ethyl adjacent to an activating group) is 1. The van der Waals surface area contributed by atoms with Gasteiger partial charge in [0.1, 0.15) is 6.61 Å². The smallest absolute Gasteiger partial charge is 0.417 e. The maximum Gasteiger partial charge on any atom is 0.417 e. The van der Waals surface area contributed by atoms with Crippen LogP contribution in [-0.2, 0) is 19.1 Å². The minimum absolute atomic E-state index is 0.0323. The molecule has 1 aliphatic heterocycles. The van der Waals surface area contributed by atoms with Crippen molar-refractivity contribution in [3.05, 3.63) is 91.2 Å². The van der Waals surface area contributed by atoms with E-state index < -0.39 is 42.5 Å². The van der Waals surface area contributed by atoms with Crippen LogP contribution in [0.2, 0.25) is 0 Å². The van der Waals surface area contributed by atoms with Crippen LogP contribution in [-0.4, -0.2) is 73.6 Å². The van der Waals surface area contributed by atoms with Gasteiger partial charge in [0.15, 0.2) is 6.30 Å². The number of benzene rings is 1. The van der Waals surface area contributed by atoms with Crippen molar-refractivity contribution in [3.8, 4) is 17.5 Å². The van der Waals surface area contributed by atoms with Crippen LogP contribution in [0.25, 0.3) is 11.6 Å². The number of nitrogens with zero attached hydrogens (tertiary/aromatic N) is 7. The first kappa shape index (κ1) is 31.3. The van der Waals surface area contributed by atoms with Gasteiger partial charge in [0.2, 0.25) is 11.8 Å². The molecule has 0 spiro atoms. The molecule has 1 atom stereocenters. The van der Waals surface area contributed by atoms with E-state index in [1.165, 1.54) is 21.5 Å². The Kier molecular flexibility index (Phi) is 8.62. The summed E-state index contributed by atoms with van der Waals surface area (Å²) in [7, 11) is 3.83. The molecular formula is C29H28BrF4N7O3. The molecule has 5 rings (SSSR count). The summed E-state index contributed by atoms with van der Waals surface area (Å²) in [5, 5.41) is 4.47. The van der Waals surface area contributed by atoms with Gasteiger partial charge in [-0.05, 0) is 58.3 Å². The van der Waals surface area contributed by atoms with Gasteiger partial charge in [-0.25, -0.2) is 23.6 Å². The van der Waals surface area contributed by atoms with Gasteiger partial charge >= 0.3 is 6.18 Å². The van der Waals surface area contributed by atoms with E-state index >= 15 is 4.39 Å². The summed E-state index contributed by atoms with van der Waals surface area (Å²) < 4.78 is 64.1. The van der Waals surface area contributed by atoms with Crippen LogP contribution in [0.3, 0.4) is 0 Å².